The van der Waals surface area contributed by atoms with Crippen LogP contribution in [0.3, 0.4) is 0 Å². The van der Waals surface area contributed by atoms with E-state index < -0.39 is 5.54 Å². The Morgan fingerprint density at radius 1 is 1.39 bits per heavy atom. The molecule has 1 amide bonds. The molecular weight excluding hydrogens is 232 g/mol. The molecule has 1 aliphatic rings. The van der Waals surface area contributed by atoms with Crippen LogP contribution in [0.2, 0.25) is 0 Å². The molecule has 0 aliphatic carbocycles. The van der Waals surface area contributed by atoms with Crippen molar-refractivity contribution in [2.45, 2.75) is 19.4 Å². The number of hydrogen-bond donors (Lipinski definition) is 2. The molecular formula is C13H18N2O3. The maximum atomic E-state index is 12.2. The average molecular weight is 250 g/mol. The molecule has 0 saturated carbocycles. The van der Waals surface area contributed by atoms with E-state index in [0.717, 1.165) is 0 Å². The summed E-state index contributed by atoms with van der Waals surface area (Å²) in [6.45, 7) is 5.07. The molecule has 98 valence electrons. The third-order valence-corrected chi connectivity index (χ3v) is 2.77. The zero-order valence-electron chi connectivity index (χ0n) is 10.7. The smallest absolute Gasteiger partial charge is 0.255 e. The second-order valence-corrected chi connectivity index (χ2v) is 4.87. The van der Waals surface area contributed by atoms with Gasteiger partial charge < -0.3 is 20.5 Å². The minimum atomic E-state index is -0.449. The zero-order valence-corrected chi connectivity index (χ0v) is 10.7. The van der Waals surface area contributed by atoms with Gasteiger partial charge in [0.25, 0.3) is 5.91 Å². The minimum absolute atomic E-state index is 0.201. The lowest BCUT2D eigenvalue weighted by molar-refractivity contribution is 0.0905. The number of rotatable bonds is 3. The molecule has 1 aliphatic heterocycles. The van der Waals surface area contributed by atoms with Crippen LogP contribution >= 0.6 is 0 Å². The summed E-state index contributed by atoms with van der Waals surface area (Å²) >= 11 is 0. The Balaban J connectivity index is 2.26. The van der Waals surface area contributed by atoms with Crippen molar-refractivity contribution in [2.24, 2.45) is 5.73 Å². The average Bonchev–Trinajstić information content (AvgIpc) is 2.37. The Morgan fingerprint density at radius 2 is 2.11 bits per heavy atom. The molecule has 0 spiro atoms. The zero-order chi connectivity index (χ0) is 13.2. The van der Waals surface area contributed by atoms with E-state index >= 15 is 0 Å². The highest BCUT2D eigenvalue weighted by Crippen LogP contribution is 2.33. The van der Waals surface area contributed by atoms with Crippen LogP contribution in [0.25, 0.3) is 0 Å². The lowest BCUT2D eigenvalue weighted by Gasteiger charge is -2.26. The van der Waals surface area contributed by atoms with Crippen LogP contribution in [-0.2, 0) is 0 Å². The largest absolute Gasteiger partial charge is 0.486 e. The second-order valence-electron chi connectivity index (χ2n) is 4.87. The van der Waals surface area contributed by atoms with Gasteiger partial charge in [-0.05, 0) is 26.0 Å². The van der Waals surface area contributed by atoms with E-state index in [4.69, 9.17) is 15.2 Å². The number of benzene rings is 1. The lowest BCUT2D eigenvalue weighted by Crippen LogP contribution is -2.49. The molecule has 0 unspecified atom stereocenters. The predicted octanol–water partition coefficient (Wildman–Crippen LogP) is 0.925. The van der Waals surface area contributed by atoms with E-state index in [-0.39, 0.29) is 5.91 Å². The Kier molecular flexibility index (Phi) is 3.43. The molecule has 0 atom stereocenters. The summed E-state index contributed by atoms with van der Waals surface area (Å²) in [4.78, 5) is 12.2. The van der Waals surface area contributed by atoms with Crippen molar-refractivity contribution in [2.75, 3.05) is 19.8 Å². The van der Waals surface area contributed by atoms with Crippen molar-refractivity contribution >= 4 is 5.91 Å². The van der Waals surface area contributed by atoms with Crippen LogP contribution in [0.15, 0.2) is 18.2 Å². The SMILES string of the molecule is CC(C)(CN)NC(=O)c1cccc2c1OCCO2. The van der Waals surface area contributed by atoms with Gasteiger partial charge in [0.1, 0.15) is 13.2 Å². The summed E-state index contributed by atoms with van der Waals surface area (Å²) in [7, 11) is 0. The highest BCUT2D eigenvalue weighted by atomic mass is 16.6. The summed E-state index contributed by atoms with van der Waals surface area (Å²) < 4.78 is 10.9. The highest BCUT2D eigenvalue weighted by Gasteiger charge is 2.24. The monoisotopic (exact) mass is 250 g/mol. The molecule has 5 nitrogen and oxygen atoms in total. The summed E-state index contributed by atoms with van der Waals surface area (Å²) in [5, 5.41) is 2.87. The van der Waals surface area contributed by atoms with Crippen molar-refractivity contribution in [3.05, 3.63) is 23.8 Å². The molecule has 0 aromatic heterocycles. The van der Waals surface area contributed by atoms with Crippen molar-refractivity contribution < 1.29 is 14.3 Å². The van der Waals surface area contributed by atoms with E-state index in [1.165, 1.54) is 0 Å². The normalized spacial score (nSPS) is 14.2. The van der Waals surface area contributed by atoms with E-state index in [9.17, 15) is 4.79 Å². The molecule has 18 heavy (non-hydrogen) atoms. The van der Waals surface area contributed by atoms with Gasteiger partial charge in [0.2, 0.25) is 0 Å². The first kappa shape index (κ1) is 12.7. The molecule has 0 saturated heterocycles. The van der Waals surface area contributed by atoms with Crippen LogP contribution in [-0.4, -0.2) is 31.2 Å². The summed E-state index contributed by atoms with van der Waals surface area (Å²) in [5.74, 6) is 0.918. The lowest BCUT2D eigenvalue weighted by atomic mass is 10.0. The standard InChI is InChI=1S/C13H18N2O3/c1-13(2,8-14)15-12(16)9-4-3-5-10-11(9)18-7-6-17-10/h3-5H,6-8,14H2,1-2H3,(H,15,16). The number of hydrogen-bond acceptors (Lipinski definition) is 4. The van der Waals surface area contributed by atoms with Gasteiger partial charge >= 0.3 is 0 Å². The van der Waals surface area contributed by atoms with Crippen LogP contribution in [0, 0.1) is 0 Å². The van der Waals surface area contributed by atoms with Gasteiger partial charge in [-0.15, -0.1) is 0 Å². The van der Waals surface area contributed by atoms with Crippen LogP contribution < -0.4 is 20.5 Å². The van der Waals surface area contributed by atoms with E-state index in [2.05, 4.69) is 5.32 Å². The number of amides is 1. The maximum Gasteiger partial charge on any atom is 0.255 e. The Morgan fingerprint density at radius 3 is 2.83 bits per heavy atom. The molecule has 0 fully saturated rings. The fraction of sp³-hybridized carbons (Fsp3) is 0.462. The molecule has 3 N–H and O–H groups in total. The number of carbonyl (C=O) groups excluding carboxylic acids is 1. The van der Waals surface area contributed by atoms with Gasteiger partial charge in [-0.2, -0.15) is 0 Å². The molecule has 1 aromatic carbocycles. The van der Waals surface area contributed by atoms with Gasteiger partial charge in [-0.3, -0.25) is 4.79 Å². The fourth-order valence-electron chi connectivity index (χ4n) is 1.68. The molecule has 0 radical (unpaired) electrons. The predicted molar refractivity (Wildman–Crippen MR) is 68.0 cm³/mol. The first-order valence-corrected chi connectivity index (χ1v) is 5.95. The highest BCUT2D eigenvalue weighted by molar-refractivity contribution is 5.98. The number of nitrogens with two attached hydrogens (primary N) is 1. The summed E-state index contributed by atoms with van der Waals surface area (Å²) in [6, 6.07) is 5.28. The third-order valence-electron chi connectivity index (χ3n) is 2.77. The number of ether oxygens (including phenoxy) is 2. The van der Waals surface area contributed by atoms with E-state index in [1.54, 1.807) is 18.2 Å². The fourth-order valence-corrected chi connectivity index (χ4v) is 1.68. The van der Waals surface area contributed by atoms with E-state index in [0.29, 0.717) is 36.8 Å². The van der Waals surface area contributed by atoms with Crippen molar-refractivity contribution in [3.8, 4) is 11.5 Å². The third kappa shape index (κ3) is 2.56. The Labute approximate surface area is 106 Å². The Hall–Kier alpha value is -1.75. The maximum absolute atomic E-state index is 12.2. The van der Waals surface area contributed by atoms with Crippen molar-refractivity contribution in [3.63, 3.8) is 0 Å². The Bertz CT molecular complexity index is 458. The van der Waals surface area contributed by atoms with Gasteiger partial charge in [0, 0.05) is 12.1 Å². The number of fused-ring (bicyclic) bond motifs is 1. The second kappa shape index (κ2) is 4.86. The van der Waals surface area contributed by atoms with Gasteiger partial charge in [0.05, 0.1) is 5.56 Å². The molecule has 1 heterocycles. The van der Waals surface area contributed by atoms with Crippen molar-refractivity contribution in [1.29, 1.82) is 0 Å². The molecule has 5 heteroatoms. The number of nitrogens with one attached hydrogen (secondary N) is 1. The summed E-state index contributed by atoms with van der Waals surface area (Å²) in [6.07, 6.45) is 0. The minimum Gasteiger partial charge on any atom is -0.486 e. The van der Waals surface area contributed by atoms with Crippen LogP contribution in [0.1, 0.15) is 24.2 Å². The van der Waals surface area contributed by atoms with E-state index in [1.807, 2.05) is 13.8 Å². The quantitative estimate of drug-likeness (QED) is 0.836. The summed E-state index contributed by atoms with van der Waals surface area (Å²) in [5.41, 5.74) is 5.63. The first-order chi connectivity index (χ1) is 8.53. The molecule has 1 aromatic rings. The molecule has 0 bridgehead atoms. The van der Waals surface area contributed by atoms with Crippen molar-refractivity contribution in [1.82, 2.24) is 5.32 Å². The van der Waals surface area contributed by atoms with Gasteiger partial charge in [-0.1, -0.05) is 6.07 Å². The van der Waals surface area contributed by atoms with Crippen LogP contribution in [0.4, 0.5) is 0 Å². The first-order valence-electron chi connectivity index (χ1n) is 5.95. The topological polar surface area (TPSA) is 73.6 Å². The number of para-hydroxylation sites is 1. The van der Waals surface area contributed by atoms with Gasteiger partial charge in [-0.25, -0.2) is 0 Å². The van der Waals surface area contributed by atoms with Gasteiger partial charge in [0.15, 0.2) is 11.5 Å². The number of carbonyl (C=O) groups is 1. The van der Waals surface area contributed by atoms with Crippen LogP contribution in [0.5, 0.6) is 11.5 Å². The molecule has 2 rings (SSSR count).